The van der Waals surface area contributed by atoms with Crippen molar-refractivity contribution >= 4 is 33.2 Å². The van der Waals surface area contributed by atoms with Gasteiger partial charge in [-0.3, -0.25) is 0 Å². The molecule has 1 aromatic rings. The number of nitrogens with two attached hydrogens (primary N) is 2. The minimum Gasteiger partial charge on any atom is -0.326 e. The van der Waals surface area contributed by atoms with Gasteiger partial charge in [-0.15, -0.1) is 0 Å². The van der Waals surface area contributed by atoms with Gasteiger partial charge >= 0.3 is 0 Å². The van der Waals surface area contributed by atoms with E-state index < -0.39 is 10.0 Å². The van der Waals surface area contributed by atoms with Gasteiger partial charge in [0.25, 0.3) is 0 Å². The maximum absolute atomic E-state index is 11.0. The summed E-state index contributed by atoms with van der Waals surface area (Å²) in [5.41, 5.74) is 5.73. The van der Waals surface area contributed by atoms with Crippen LogP contribution < -0.4 is 10.9 Å². The largest absolute Gasteiger partial charge is 0.326 e. The molecule has 0 radical (unpaired) electrons. The zero-order valence-electron chi connectivity index (χ0n) is 7.00. The SMILES string of the molecule is NCc1c(Cl)ccc(S(N)(=O)=O)c1Cl. The fourth-order valence-electron chi connectivity index (χ4n) is 0.983. The second-order valence-electron chi connectivity index (χ2n) is 2.59. The third-order valence-electron chi connectivity index (χ3n) is 1.66. The number of halogens is 2. The molecule has 0 saturated carbocycles. The predicted octanol–water partition coefficient (Wildman–Crippen LogP) is 1.10. The molecule has 0 spiro atoms. The Morgan fingerprint density at radius 1 is 1.29 bits per heavy atom. The molecule has 0 aromatic heterocycles. The highest BCUT2D eigenvalue weighted by atomic mass is 35.5. The van der Waals surface area contributed by atoms with Gasteiger partial charge in [-0.05, 0) is 12.1 Å². The molecule has 0 amide bonds. The number of rotatable bonds is 2. The van der Waals surface area contributed by atoms with Gasteiger partial charge in [0.1, 0.15) is 4.90 Å². The van der Waals surface area contributed by atoms with Gasteiger partial charge in [-0.25, -0.2) is 13.6 Å². The monoisotopic (exact) mass is 254 g/mol. The van der Waals surface area contributed by atoms with Crippen molar-refractivity contribution in [3.63, 3.8) is 0 Å². The lowest BCUT2D eigenvalue weighted by Crippen LogP contribution is -2.14. The van der Waals surface area contributed by atoms with Gasteiger partial charge in [0.2, 0.25) is 10.0 Å². The molecule has 1 aromatic carbocycles. The molecule has 0 heterocycles. The van der Waals surface area contributed by atoms with Crippen LogP contribution in [0, 0.1) is 0 Å². The first kappa shape index (κ1) is 11.7. The van der Waals surface area contributed by atoms with Crippen LogP contribution >= 0.6 is 23.2 Å². The third kappa shape index (κ3) is 2.18. The molecule has 0 bridgehead atoms. The van der Waals surface area contributed by atoms with Crippen LogP contribution in [0.1, 0.15) is 5.56 Å². The summed E-state index contributed by atoms with van der Waals surface area (Å²) in [5.74, 6) is 0. The Balaban J connectivity index is 3.52. The van der Waals surface area contributed by atoms with E-state index >= 15 is 0 Å². The Kier molecular flexibility index (Phi) is 3.39. The van der Waals surface area contributed by atoms with Gasteiger partial charge in [-0.2, -0.15) is 0 Å². The number of primary sulfonamides is 1. The number of hydrogen-bond acceptors (Lipinski definition) is 3. The molecule has 14 heavy (non-hydrogen) atoms. The molecule has 0 saturated heterocycles. The first-order valence-electron chi connectivity index (χ1n) is 3.57. The van der Waals surface area contributed by atoms with E-state index in [0.717, 1.165) is 0 Å². The number of sulfonamides is 1. The zero-order chi connectivity index (χ0) is 10.9. The molecular weight excluding hydrogens is 247 g/mol. The van der Waals surface area contributed by atoms with Crippen LogP contribution in [0.4, 0.5) is 0 Å². The van der Waals surface area contributed by atoms with Gasteiger partial charge in [-0.1, -0.05) is 23.2 Å². The first-order chi connectivity index (χ1) is 6.38. The van der Waals surface area contributed by atoms with Crippen molar-refractivity contribution in [3.05, 3.63) is 27.7 Å². The average molecular weight is 255 g/mol. The molecule has 0 aliphatic rings. The normalized spacial score (nSPS) is 11.7. The molecule has 78 valence electrons. The van der Waals surface area contributed by atoms with Crippen molar-refractivity contribution in [2.45, 2.75) is 11.4 Å². The van der Waals surface area contributed by atoms with Crippen LogP contribution in [0.3, 0.4) is 0 Å². The first-order valence-corrected chi connectivity index (χ1v) is 5.88. The summed E-state index contributed by atoms with van der Waals surface area (Å²) in [6.07, 6.45) is 0. The van der Waals surface area contributed by atoms with Crippen LogP contribution in [0.15, 0.2) is 17.0 Å². The van der Waals surface area contributed by atoms with Crippen molar-refractivity contribution in [1.29, 1.82) is 0 Å². The summed E-state index contributed by atoms with van der Waals surface area (Å²) in [4.78, 5) is -0.163. The van der Waals surface area contributed by atoms with E-state index in [-0.39, 0.29) is 16.5 Å². The van der Waals surface area contributed by atoms with Crippen LogP contribution in [-0.4, -0.2) is 8.42 Å². The van der Waals surface area contributed by atoms with E-state index in [4.69, 9.17) is 34.1 Å². The van der Waals surface area contributed by atoms with E-state index in [2.05, 4.69) is 0 Å². The van der Waals surface area contributed by atoms with Gasteiger partial charge < -0.3 is 5.73 Å². The molecule has 0 unspecified atom stereocenters. The zero-order valence-corrected chi connectivity index (χ0v) is 9.33. The summed E-state index contributed by atoms with van der Waals surface area (Å²) >= 11 is 11.5. The lowest BCUT2D eigenvalue weighted by molar-refractivity contribution is 0.597. The summed E-state index contributed by atoms with van der Waals surface area (Å²) in [6.45, 7) is 0.0566. The van der Waals surface area contributed by atoms with Crippen molar-refractivity contribution in [2.75, 3.05) is 0 Å². The van der Waals surface area contributed by atoms with Crippen LogP contribution in [-0.2, 0) is 16.6 Å². The standard InChI is InChI=1S/C7H8Cl2N2O2S/c8-5-1-2-6(14(11,12)13)7(9)4(5)3-10/h1-2H,3,10H2,(H2,11,12,13). The third-order valence-corrected chi connectivity index (χ3v) is 3.51. The maximum Gasteiger partial charge on any atom is 0.239 e. The Morgan fingerprint density at radius 3 is 2.29 bits per heavy atom. The summed E-state index contributed by atoms with van der Waals surface area (Å²) in [5, 5.41) is 5.25. The molecule has 0 aliphatic heterocycles. The van der Waals surface area contributed by atoms with Crippen LogP contribution in [0.25, 0.3) is 0 Å². The predicted molar refractivity (Wildman–Crippen MR) is 55.7 cm³/mol. The molecule has 7 heteroatoms. The fourth-order valence-corrected chi connectivity index (χ4v) is 2.46. The molecule has 0 atom stereocenters. The Bertz CT molecular complexity index is 459. The quantitative estimate of drug-likeness (QED) is 0.829. The maximum atomic E-state index is 11.0. The Labute approximate surface area is 91.8 Å². The van der Waals surface area contributed by atoms with Crippen molar-refractivity contribution < 1.29 is 8.42 Å². The van der Waals surface area contributed by atoms with Gasteiger partial charge in [0.15, 0.2) is 0 Å². The highest BCUT2D eigenvalue weighted by molar-refractivity contribution is 7.89. The molecular formula is C7H8Cl2N2O2S. The number of benzene rings is 1. The van der Waals surface area contributed by atoms with E-state index in [0.29, 0.717) is 10.6 Å². The van der Waals surface area contributed by atoms with Crippen LogP contribution in [0.5, 0.6) is 0 Å². The second kappa shape index (κ2) is 4.04. The molecule has 4 N–H and O–H groups in total. The Morgan fingerprint density at radius 2 is 1.86 bits per heavy atom. The minimum atomic E-state index is -3.83. The lowest BCUT2D eigenvalue weighted by Gasteiger charge is -2.07. The molecule has 0 aliphatic carbocycles. The average Bonchev–Trinajstić information content (AvgIpc) is 2.02. The minimum absolute atomic E-state index is 0.0116. The van der Waals surface area contributed by atoms with E-state index in [1.54, 1.807) is 0 Å². The highest BCUT2D eigenvalue weighted by Crippen LogP contribution is 2.29. The smallest absolute Gasteiger partial charge is 0.239 e. The van der Waals surface area contributed by atoms with Gasteiger partial charge in [0.05, 0.1) is 5.02 Å². The van der Waals surface area contributed by atoms with Gasteiger partial charge in [0, 0.05) is 17.1 Å². The van der Waals surface area contributed by atoms with Crippen molar-refractivity contribution in [3.8, 4) is 0 Å². The molecule has 1 rings (SSSR count). The molecule has 0 fully saturated rings. The van der Waals surface area contributed by atoms with E-state index in [1.807, 2.05) is 0 Å². The van der Waals surface area contributed by atoms with Crippen molar-refractivity contribution in [2.24, 2.45) is 10.9 Å². The summed E-state index contributed by atoms with van der Waals surface area (Å²) in [7, 11) is -3.83. The fraction of sp³-hybridized carbons (Fsp3) is 0.143. The molecule has 4 nitrogen and oxygen atoms in total. The van der Waals surface area contributed by atoms with Crippen LogP contribution in [0.2, 0.25) is 10.0 Å². The van der Waals surface area contributed by atoms with Crippen molar-refractivity contribution in [1.82, 2.24) is 0 Å². The summed E-state index contributed by atoms with van der Waals surface area (Å²) in [6, 6.07) is 2.65. The van der Waals surface area contributed by atoms with E-state index in [9.17, 15) is 8.42 Å². The Hall–Kier alpha value is -0.330. The van der Waals surface area contributed by atoms with E-state index in [1.165, 1.54) is 12.1 Å². The highest BCUT2D eigenvalue weighted by Gasteiger charge is 2.17. The topological polar surface area (TPSA) is 86.2 Å². The lowest BCUT2D eigenvalue weighted by atomic mass is 10.2. The second-order valence-corrected chi connectivity index (χ2v) is 4.90. The number of hydrogen-bond donors (Lipinski definition) is 2. The summed E-state index contributed by atoms with van der Waals surface area (Å²) < 4.78 is 22.1.